The van der Waals surface area contributed by atoms with E-state index in [2.05, 4.69) is 0 Å². The summed E-state index contributed by atoms with van der Waals surface area (Å²) in [6, 6.07) is 20.0. The van der Waals surface area contributed by atoms with Crippen LogP contribution in [0, 0.1) is 0 Å². The number of rotatable bonds is 10. The molecule has 1 N–H and O–H groups in total. The molecule has 26 heavy (non-hydrogen) atoms. The smallest absolute Gasteiger partial charge is 0.115 e. The maximum absolute atomic E-state index is 10.3. The van der Waals surface area contributed by atoms with Gasteiger partial charge < -0.3 is 24.1 Å². The van der Waals surface area contributed by atoms with Gasteiger partial charge in [-0.2, -0.15) is 0 Å². The van der Waals surface area contributed by atoms with Gasteiger partial charge in [-0.05, 0) is 11.1 Å². The van der Waals surface area contributed by atoms with Crippen LogP contribution in [0.5, 0.6) is 0 Å². The van der Waals surface area contributed by atoms with Gasteiger partial charge in [-0.15, -0.1) is 0 Å². The van der Waals surface area contributed by atoms with E-state index in [-0.39, 0.29) is 24.4 Å². The fourth-order valence-corrected chi connectivity index (χ4v) is 3.10. The zero-order valence-electron chi connectivity index (χ0n) is 14.6. The van der Waals surface area contributed by atoms with Crippen LogP contribution in [0.25, 0.3) is 0 Å². The molecule has 4 atom stereocenters. The molecule has 0 saturated carbocycles. The molecule has 5 heteroatoms. The van der Waals surface area contributed by atoms with Crippen LogP contribution in [0.1, 0.15) is 11.1 Å². The fraction of sp³-hybridized carbons (Fsp3) is 0.429. The normalized spacial score (nSPS) is 26.8. The quantitative estimate of drug-likeness (QED) is 0.662. The first-order valence-corrected chi connectivity index (χ1v) is 9.03. The van der Waals surface area contributed by atoms with Gasteiger partial charge in [0.05, 0.1) is 26.4 Å². The summed E-state index contributed by atoms with van der Waals surface area (Å²) < 4.78 is 22.4. The molecule has 0 bridgehead atoms. The van der Waals surface area contributed by atoms with Crippen molar-refractivity contribution in [3.8, 4) is 0 Å². The molecule has 2 fully saturated rings. The minimum Gasteiger partial charge on any atom is -0.387 e. The molecular weight excluding hydrogens is 332 g/mol. The van der Waals surface area contributed by atoms with E-state index in [0.29, 0.717) is 26.4 Å². The Bertz CT molecular complexity index is 618. The predicted molar refractivity (Wildman–Crippen MR) is 95.5 cm³/mol. The Hall–Kier alpha value is -1.76. The Balaban J connectivity index is 1.10. The van der Waals surface area contributed by atoms with Crippen molar-refractivity contribution in [2.45, 2.75) is 43.7 Å². The molecule has 0 amide bonds. The fourth-order valence-electron chi connectivity index (χ4n) is 3.10. The molecule has 0 unspecified atom stereocenters. The molecule has 2 aliphatic rings. The van der Waals surface area contributed by atoms with Crippen molar-refractivity contribution in [1.82, 2.24) is 0 Å². The van der Waals surface area contributed by atoms with E-state index in [1.165, 1.54) is 0 Å². The van der Waals surface area contributed by atoms with E-state index in [4.69, 9.17) is 18.9 Å². The SMILES string of the molecule is OC([C@H]1O[C@@H]1COCc1ccccc1)[C@H]1O[C@@H]1COCc1ccccc1. The highest BCUT2D eigenvalue weighted by Crippen LogP contribution is 2.36. The Morgan fingerprint density at radius 3 is 1.58 bits per heavy atom. The number of benzene rings is 2. The zero-order chi connectivity index (χ0) is 17.8. The van der Waals surface area contributed by atoms with E-state index in [1.807, 2.05) is 60.7 Å². The molecule has 0 radical (unpaired) electrons. The molecule has 0 aromatic heterocycles. The summed E-state index contributed by atoms with van der Waals surface area (Å²) in [7, 11) is 0. The van der Waals surface area contributed by atoms with Gasteiger partial charge in [0.25, 0.3) is 0 Å². The summed E-state index contributed by atoms with van der Waals surface area (Å²) in [5.41, 5.74) is 2.26. The molecule has 2 aromatic rings. The predicted octanol–water partition coefficient (Wildman–Crippen LogP) is 2.32. The minimum atomic E-state index is -0.620. The van der Waals surface area contributed by atoms with Crippen molar-refractivity contribution < 1.29 is 24.1 Å². The van der Waals surface area contributed by atoms with E-state index < -0.39 is 6.10 Å². The highest BCUT2D eigenvalue weighted by atomic mass is 16.7. The monoisotopic (exact) mass is 356 g/mol. The highest BCUT2D eigenvalue weighted by Gasteiger charge is 2.55. The summed E-state index contributed by atoms with van der Waals surface area (Å²) in [5.74, 6) is 0. The summed E-state index contributed by atoms with van der Waals surface area (Å²) in [4.78, 5) is 0. The first kappa shape index (κ1) is 17.6. The molecule has 2 heterocycles. The van der Waals surface area contributed by atoms with E-state index in [0.717, 1.165) is 11.1 Å². The molecule has 2 aromatic carbocycles. The Labute approximate surface area is 153 Å². The number of hydrogen-bond acceptors (Lipinski definition) is 5. The number of epoxide rings is 2. The third-order valence-corrected chi connectivity index (χ3v) is 4.70. The van der Waals surface area contributed by atoms with Crippen LogP contribution in [0.4, 0.5) is 0 Å². The van der Waals surface area contributed by atoms with Crippen LogP contribution in [0.3, 0.4) is 0 Å². The molecule has 2 saturated heterocycles. The van der Waals surface area contributed by atoms with Gasteiger partial charge in [0.2, 0.25) is 0 Å². The second kappa shape index (κ2) is 8.29. The third kappa shape index (κ3) is 4.69. The van der Waals surface area contributed by atoms with Gasteiger partial charge in [0.1, 0.15) is 30.5 Å². The van der Waals surface area contributed by atoms with E-state index >= 15 is 0 Å². The van der Waals surface area contributed by atoms with Crippen LogP contribution in [0.15, 0.2) is 60.7 Å². The first-order valence-electron chi connectivity index (χ1n) is 9.03. The first-order chi connectivity index (χ1) is 12.8. The molecule has 5 nitrogen and oxygen atoms in total. The van der Waals surface area contributed by atoms with Crippen molar-refractivity contribution in [2.75, 3.05) is 13.2 Å². The lowest BCUT2D eigenvalue weighted by Crippen LogP contribution is -2.27. The standard InChI is InChI=1S/C21H24O5/c22-19(20-17(25-20)13-23-11-15-7-3-1-4-8-15)21-18(26-21)14-24-12-16-9-5-2-6-10-16/h1-10,17-22H,11-14H2/t17-,18-,20+,21+/m1/s1. The van der Waals surface area contributed by atoms with E-state index in [1.54, 1.807) is 0 Å². The summed E-state index contributed by atoms with van der Waals surface area (Å²) in [6.45, 7) is 2.08. The topological polar surface area (TPSA) is 63.8 Å². The van der Waals surface area contributed by atoms with Crippen molar-refractivity contribution >= 4 is 0 Å². The minimum absolute atomic E-state index is 0.0520. The van der Waals surface area contributed by atoms with Crippen LogP contribution >= 0.6 is 0 Å². The van der Waals surface area contributed by atoms with Crippen molar-refractivity contribution in [1.29, 1.82) is 0 Å². The number of aliphatic hydroxyl groups excluding tert-OH is 1. The second-order valence-electron chi connectivity index (χ2n) is 6.77. The van der Waals surface area contributed by atoms with Gasteiger partial charge in [0, 0.05) is 0 Å². The second-order valence-corrected chi connectivity index (χ2v) is 6.77. The molecule has 0 aliphatic carbocycles. The average Bonchev–Trinajstić information content (AvgIpc) is 3.59. The van der Waals surface area contributed by atoms with Crippen LogP contribution < -0.4 is 0 Å². The highest BCUT2D eigenvalue weighted by molar-refractivity contribution is 5.14. The summed E-state index contributed by atoms with van der Waals surface area (Å²) in [6.07, 6.45) is -1.12. The maximum atomic E-state index is 10.3. The van der Waals surface area contributed by atoms with Crippen LogP contribution in [0.2, 0.25) is 0 Å². The van der Waals surface area contributed by atoms with Crippen molar-refractivity contribution in [3.63, 3.8) is 0 Å². The van der Waals surface area contributed by atoms with Gasteiger partial charge in [-0.3, -0.25) is 0 Å². The molecular formula is C21H24O5. The lowest BCUT2D eigenvalue weighted by Gasteiger charge is -2.05. The Morgan fingerprint density at radius 1 is 0.731 bits per heavy atom. The maximum Gasteiger partial charge on any atom is 0.115 e. The van der Waals surface area contributed by atoms with Gasteiger partial charge in [0.15, 0.2) is 0 Å². The van der Waals surface area contributed by atoms with Crippen molar-refractivity contribution in [3.05, 3.63) is 71.8 Å². The van der Waals surface area contributed by atoms with Crippen LogP contribution in [-0.4, -0.2) is 48.8 Å². The summed E-state index contributed by atoms with van der Waals surface area (Å²) >= 11 is 0. The zero-order valence-corrected chi connectivity index (χ0v) is 14.6. The largest absolute Gasteiger partial charge is 0.387 e. The lowest BCUT2D eigenvalue weighted by atomic mass is 10.1. The molecule has 138 valence electrons. The van der Waals surface area contributed by atoms with E-state index in [9.17, 15) is 5.11 Å². The third-order valence-electron chi connectivity index (χ3n) is 4.70. The van der Waals surface area contributed by atoms with Gasteiger partial charge in [-0.1, -0.05) is 60.7 Å². The summed E-state index contributed by atoms with van der Waals surface area (Å²) in [5, 5.41) is 10.3. The molecule has 4 rings (SSSR count). The van der Waals surface area contributed by atoms with Crippen LogP contribution in [-0.2, 0) is 32.2 Å². The Kier molecular flexibility index (Phi) is 5.62. The average molecular weight is 356 g/mol. The Morgan fingerprint density at radius 2 is 1.15 bits per heavy atom. The van der Waals surface area contributed by atoms with Crippen molar-refractivity contribution in [2.24, 2.45) is 0 Å². The van der Waals surface area contributed by atoms with Gasteiger partial charge in [-0.25, -0.2) is 0 Å². The number of ether oxygens (including phenoxy) is 4. The number of hydrogen-bond donors (Lipinski definition) is 1. The van der Waals surface area contributed by atoms with Gasteiger partial charge >= 0.3 is 0 Å². The molecule has 2 aliphatic heterocycles. The molecule has 0 spiro atoms. The number of aliphatic hydroxyl groups is 1. The lowest BCUT2D eigenvalue weighted by molar-refractivity contribution is 0.102.